The molecule has 0 amide bonds. The fraction of sp³-hybridized carbons (Fsp3) is 0.263. The van der Waals surface area contributed by atoms with E-state index in [-0.39, 0.29) is 0 Å². The zero-order valence-electron chi connectivity index (χ0n) is 14.4. The highest BCUT2D eigenvalue weighted by molar-refractivity contribution is 7.09. The van der Waals surface area contributed by atoms with Gasteiger partial charge in [0.2, 0.25) is 0 Å². The van der Waals surface area contributed by atoms with Gasteiger partial charge in [0, 0.05) is 44.0 Å². The van der Waals surface area contributed by atoms with Crippen LogP contribution < -0.4 is 10.6 Å². The molecular weight excluding hydrogens is 330 g/mol. The van der Waals surface area contributed by atoms with E-state index >= 15 is 0 Å². The number of nitrogens with one attached hydrogen (secondary N) is 2. The number of benzene rings is 1. The number of aromatic nitrogens is 2. The zero-order valence-corrected chi connectivity index (χ0v) is 15.2. The predicted molar refractivity (Wildman–Crippen MR) is 104 cm³/mol. The molecule has 3 aromatic rings. The summed E-state index contributed by atoms with van der Waals surface area (Å²) in [4.78, 5) is 9.76. The molecule has 0 aliphatic rings. The first-order valence-corrected chi connectivity index (χ1v) is 9.22. The summed E-state index contributed by atoms with van der Waals surface area (Å²) in [5, 5.41) is 8.85. The third-order valence-corrected chi connectivity index (χ3v) is 4.78. The maximum absolute atomic E-state index is 4.29. The Morgan fingerprint density at radius 2 is 2.12 bits per heavy atom. The van der Waals surface area contributed by atoms with Gasteiger partial charge in [0.05, 0.1) is 6.33 Å². The minimum atomic E-state index is 0.746. The van der Waals surface area contributed by atoms with Gasteiger partial charge in [-0.1, -0.05) is 30.3 Å². The van der Waals surface area contributed by atoms with Gasteiger partial charge in [0.15, 0.2) is 5.96 Å². The predicted octanol–water partition coefficient (Wildman–Crippen LogP) is 2.90. The maximum atomic E-state index is 4.29. The summed E-state index contributed by atoms with van der Waals surface area (Å²) in [6.45, 7) is 2.46. The molecule has 2 heterocycles. The Bertz CT molecular complexity index is 778. The molecule has 2 aromatic heterocycles. The number of thiophene rings is 1. The molecule has 0 atom stereocenters. The van der Waals surface area contributed by atoms with Crippen molar-refractivity contribution in [3.63, 3.8) is 0 Å². The number of imidazole rings is 1. The number of guanidine groups is 1. The summed E-state index contributed by atoms with van der Waals surface area (Å²) in [6.07, 6.45) is 6.63. The van der Waals surface area contributed by atoms with Crippen molar-refractivity contribution in [2.45, 2.75) is 19.5 Å². The lowest BCUT2D eigenvalue weighted by Crippen LogP contribution is -2.37. The highest BCUT2D eigenvalue weighted by Gasteiger charge is 2.01. The van der Waals surface area contributed by atoms with Gasteiger partial charge in [-0.2, -0.15) is 0 Å². The Hall–Kier alpha value is -2.60. The zero-order chi connectivity index (χ0) is 17.3. The molecule has 0 unspecified atom stereocenters. The minimum Gasteiger partial charge on any atom is -0.356 e. The van der Waals surface area contributed by atoms with Crippen molar-refractivity contribution in [3.8, 4) is 0 Å². The van der Waals surface area contributed by atoms with Gasteiger partial charge in [-0.15, -0.1) is 11.3 Å². The Kier molecular flexibility index (Phi) is 6.23. The van der Waals surface area contributed by atoms with Crippen molar-refractivity contribution in [3.05, 3.63) is 76.5 Å². The van der Waals surface area contributed by atoms with Crippen molar-refractivity contribution in [2.24, 2.45) is 4.99 Å². The molecule has 0 aliphatic carbocycles. The lowest BCUT2D eigenvalue weighted by atomic mass is 10.1. The molecule has 0 saturated heterocycles. The fourth-order valence-electron chi connectivity index (χ4n) is 2.59. The van der Waals surface area contributed by atoms with Gasteiger partial charge in [-0.25, -0.2) is 4.98 Å². The molecule has 0 radical (unpaired) electrons. The average Bonchev–Trinajstić information content (AvgIpc) is 3.32. The van der Waals surface area contributed by atoms with Crippen LogP contribution in [0.3, 0.4) is 0 Å². The molecule has 0 fully saturated rings. The largest absolute Gasteiger partial charge is 0.356 e. The Labute approximate surface area is 152 Å². The van der Waals surface area contributed by atoms with Crippen LogP contribution in [0.5, 0.6) is 0 Å². The fourth-order valence-corrected chi connectivity index (χ4v) is 3.30. The number of rotatable bonds is 7. The van der Waals surface area contributed by atoms with E-state index < -0.39 is 0 Å². The SMILES string of the molecule is CN=C(NCCc1cccs1)NCc1cccc(Cn2ccnc2)c1. The Morgan fingerprint density at radius 3 is 2.88 bits per heavy atom. The second kappa shape index (κ2) is 9.03. The standard InChI is InChI=1S/C19H23N5S/c1-20-19(22-8-7-18-6-3-11-25-18)23-13-16-4-2-5-17(12-16)14-24-10-9-21-15-24/h2-6,9-12,15H,7-8,13-14H2,1H3,(H2,20,22,23). The third kappa shape index (κ3) is 5.46. The Balaban J connectivity index is 1.47. The highest BCUT2D eigenvalue weighted by atomic mass is 32.1. The van der Waals surface area contributed by atoms with Gasteiger partial charge in [0.25, 0.3) is 0 Å². The lowest BCUT2D eigenvalue weighted by Gasteiger charge is -2.12. The van der Waals surface area contributed by atoms with Crippen LogP contribution in [0.2, 0.25) is 0 Å². The first-order chi connectivity index (χ1) is 12.3. The van der Waals surface area contributed by atoms with Crippen LogP contribution in [-0.4, -0.2) is 29.1 Å². The first-order valence-electron chi connectivity index (χ1n) is 8.34. The minimum absolute atomic E-state index is 0.746. The molecule has 1 aromatic carbocycles. The molecular formula is C19H23N5S. The molecule has 0 bridgehead atoms. The lowest BCUT2D eigenvalue weighted by molar-refractivity contribution is 0.784. The number of hydrogen-bond donors (Lipinski definition) is 2. The highest BCUT2D eigenvalue weighted by Crippen LogP contribution is 2.08. The van der Waals surface area contributed by atoms with Crippen LogP contribution in [0.1, 0.15) is 16.0 Å². The van der Waals surface area contributed by atoms with Crippen molar-refractivity contribution < 1.29 is 0 Å². The smallest absolute Gasteiger partial charge is 0.191 e. The summed E-state index contributed by atoms with van der Waals surface area (Å²) in [6, 6.07) is 12.8. The van der Waals surface area contributed by atoms with Gasteiger partial charge < -0.3 is 15.2 Å². The topological polar surface area (TPSA) is 54.2 Å². The molecule has 5 nitrogen and oxygen atoms in total. The van der Waals surface area contributed by atoms with Crippen molar-refractivity contribution >= 4 is 17.3 Å². The number of hydrogen-bond acceptors (Lipinski definition) is 3. The molecule has 3 rings (SSSR count). The quantitative estimate of drug-likeness (QED) is 0.507. The summed E-state index contributed by atoms with van der Waals surface area (Å²) in [5.41, 5.74) is 2.50. The Morgan fingerprint density at radius 1 is 1.20 bits per heavy atom. The molecule has 0 aliphatic heterocycles. The van der Waals surface area contributed by atoms with Gasteiger partial charge in [-0.3, -0.25) is 4.99 Å². The van der Waals surface area contributed by atoms with Gasteiger partial charge in [-0.05, 0) is 29.0 Å². The van der Waals surface area contributed by atoms with Crippen LogP contribution in [0, 0.1) is 0 Å². The molecule has 2 N–H and O–H groups in total. The molecule has 0 spiro atoms. The first kappa shape index (κ1) is 17.2. The second-order valence-corrected chi connectivity index (χ2v) is 6.77. The van der Waals surface area contributed by atoms with Gasteiger partial charge in [0.1, 0.15) is 0 Å². The molecule has 6 heteroatoms. The van der Waals surface area contributed by atoms with Crippen molar-refractivity contribution in [1.29, 1.82) is 0 Å². The second-order valence-electron chi connectivity index (χ2n) is 5.74. The van der Waals surface area contributed by atoms with Crippen LogP contribution in [0.25, 0.3) is 0 Å². The van der Waals surface area contributed by atoms with E-state index in [1.54, 1.807) is 24.6 Å². The third-order valence-electron chi connectivity index (χ3n) is 3.84. The molecule has 0 saturated carbocycles. The summed E-state index contributed by atoms with van der Waals surface area (Å²) < 4.78 is 2.07. The van der Waals surface area contributed by atoms with Crippen LogP contribution in [0.4, 0.5) is 0 Å². The number of aliphatic imine (C=N–C) groups is 1. The number of nitrogens with zero attached hydrogens (tertiary/aromatic N) is 3. The summed E-state index contributed by atoms with van der Waals surface area (Å²) in [5.74, 6) is 0.830. The average molecular weight is 353 g/mol. The summed E-state index contributed by atoms with van der Waals surface area (Å²) >= 11 is 1.79. The van der Waals surface area contributed by atoms with E-state index in [1.165, 1.54) is 16.0 Å². The van der Waals surface area contributed by atoms with Crippen LogP contribution >= 0.6 is 11.3 Å². The van der Waals surface area contributed by atoms with E-state index in [0.29, 0.717) is 0 Å². The monoisotopic (exact) mass is 353 g/mol. The van der Waals surface area contributed by atoms with Crippen LogP contribution in [-0.2, 0) is 19.5 Å². The van der Waals surface area contributed by atoms with Crippen molar-refractivity contribution in [2.75, 3.05) is 13.6 Å². The van der Waals surface area contributed by atoms with Crippen molar-refractivity contribution in [1.82, 2.24) is 20.2 Å². The van der Waals surface area contributed by atoms with E-state index in [0.717, 1.165) is 32.0 Å². The maximum Gasteiger partial charge on any atom is 0.191 e. The van der Waals surface area contributed by atoms with E-state index in [2.05, 4.69) is 67.0 Å². The van der Waals surface area contributed by atoms with Gasteiger partial charge >= 0.3 is 0 Å². The van der Waals surface area contributed by atoms with Crippen LogP contribution in [0.15, 0.2) is 65.5 Å². The molecule has 25 heavy (non-hydrogen) atoms. The van der Waals surface area contributed by atoms with E-state index in [1.807, 2.05) is 12.5 Å². The molecule has 130 valence electrons. The van der Waals surface area contributed by atoms with E-state index in [4.69, 9.17) is 0 Å². The normalized spacial score (nSPS) is 11.5. The van der Waals surface area contributed by atoms with E-state index in [9.17, 15) is 0 Å². The summed E-state index contributed by atoms with van der Waals surface area (Å²) in [7, 11) is 1.80.